The van der Waals surface area contributed by atoms with Crippen LogP contribution in [0.5, 0.6) is 0 Å². The summed E-state index contributed by atoms with van der Waals surface area (Å²) in [7, 11) is 1.78. The second-order valence-electron chi connectivity index (χ2n) is 2.71. The lowest BCUT2D eigenvalue weighted by molar-refractivity contribution is 0.624. The van der Waals surface area contributed by atoms with Gasteiger partial charge in [0, 0.05) is 19.4 Å². The number of halogens is 1. The Kier molecular flexibility index (Phi) is 1.81. The van der Waals surface area contributed by atoms with Crippen LogP contribution in [-0.4, -0.2) is 14.8 Å². The van der Waals surface area contributed by atoms with Gasteiger partial charge in [0.2, 0.25) is 0 Å². The summed E-state index contributed by atoms with van der Waals surface area (Å²) in [5.74, 6) is -0.346. The Hall–Kier alpha value is -1.71. The van der Waals surface area contributed by atoms with Crippen molar-refractivity contribution in [1.29, 1.82) is 0 Å². The Bertz CT molecular complexity index is 422. The van der Waals surface area contributed by atoms with Gasteiger partial charge in [-0.15, -0.1) is 0 Å². The van der Waals surface area contributed by atoms with Crippen LogP contribution >= 0.6 is 0 Å². The van der Waals surface area contributed by atoms with Gasteiger partial charge in [0.05, 0.1) is 0 Å². The molecule has 13 heavy (non-hydrogen) atoms. The highest BCUT2D eigenvalue weighted by molar-refractivity contribution is 5.53. The highest BCUT2D eigenvalue weighted by Crippen LogP contribution is 2.16. The van der Waals surface area contributed by atoms with Gasteiger partial charge < -0.3 is 0 Å². The van der Waals surface area contributed by atoms with Gasteiger partial charge in [-0.05, 0) is 18.2 Å². The average molecular weight is 177 g/mol. The maximum Gasteiger partial charge on any atom is 0.151 e. The average Bonchev–Trinajstić information content (AvgIpc) is 2.53. The fourth-order valence-corrected chi connectivity index (χ4v) is 1.12. The molecule has 2 aromatic rings. The van der Waals surface area contributed by atoms with E-state index in [-0.39, 0.29) is 5.82 Å². The number of hydrogen-bond donors (Lipinski definition) is 0. The highest BCUT2D eigenvalue weighted by atomic mass is 19.1. The van der Waals surface area contributed by atoms with Crippen molar-refractivity contribution in [3.8, 4) is 11.4 Å². The molecule has 0 unspecified atom stereocenters. The molecule has 0 bridgehead atoms. The normalized spacial score (nSPS) is 10.3. The van der Waals surface area contributed by atoms with Gasteiger partial charge in [-0.1, -0.05) is 0 Å². The molecule has 66 valence electrons. The number of aromatic nitrogens is 3. The zero-order valence-corrected chi connectivity index (χ0v) is 7.11. The smallest absolute Gasteiger partial charge is 0.151 e. The summed E-state index contributed by atoms with van der Waals surface area (Å²) in [6.07, 6.45) is 3.30. The third-order valence-electron chi connectivity index (χ3n) is 1.71. The minimum absolute atomic E-state index is 0.295. The maximum atomic E-state index is 13.2. The van der Waals surface area contributed by atoms with Gasteiger partial charge in [0.25, 0.3) is 0 Å². The van der Waals surface area contributed by atoms with Crippen molar-refractivity contribution in [3.05, 3.63) is 36.4 Å². The van der Waals surface area contributed by atoms with Gasteiger partial charge in [-0.2, -0.15) is 5.10 Å². The van der Waals surface area contributed by atoms with Gasteiger partial charge in [0.1, 0.15) is 11.4 Å². The summed E-state index contributed by atoms with van der Waals surface area (Å²) in [4.78, 5) is 3.91. The number of aryl methyl sites for hydroxylation is 1. The second-order valence-corrected chi connectivity index (χ2v) is 2.71. The number of nitrogens with zero attached hydrogens (tertiary/aromatic N) is 3. The molecule has 2 rings (SSSR count). The van der Waals surface area contributed by atoms with E-state index in [1.54, 1.807) is 36.3 Å². The van der Waals surface area contributed by atoms with Crippen molar-refractivity contribution < 1.29 is 4.39 Å². The topological polar surface area (TPSA) is 30.7 Å². The van der Waals surface area contributed by atoms with Crippen LogP contribution < -0.4 is 0 Å². The van der Waals surface area contributed by atoms with Gasteiger partial charge in [-0.3, -0.25) is 9.67 Å². The summed E-state index contributed by atoms with van der Waals surface area (Å²) in [6, 6.07) is 4.66. The molecule has 2 heterocycles. The Morgan fingerprint density at radius 1 is 1.38 bits per heavy atom. The zero-order valence-electron chi connectivity index (χ0n) is 7.11. The van der Waals surface area contributed by atoms with Gasteiger partial charge in [0.15, 0.2) is 5.82 Å². The van der Waals surface area contributed by atoms with E-state index in [1.165, 1.54) is 6.07 Å². The predicted molar refractivity (Wildman–Crippen MR) is 46.4 cm³/mol. The van der Waals surface area contributed by atoms with E-state index in [9.17, 15) is 4.39 Å². The first-order valence-corrected chi connectivity index (χ1v) is 3.88. The first-order valence-electron chi connectivity index (χ1n) is 3.88. The molecular weight excluding hydrogens is 169 g/mol. The first kappa shape index (κ1) is 7.91. The SMILES string of the molecule is Cn1ccc(-c2ncccc2F)n1. The molecule has 0 radical (unpaired) electrons. The molecule has 0 aliphatic rings. The second kappa shape index (κ2) is 2.97. The largest absolute Gasteiger partial charge is 0.275 e. The van der Waals surface area contributed by atoms with Crippen LogP contribution in [0.2, 0.25) is 0 Å². The lowest BCUT2D eigenvalue weighted by atomic mass is 10.3. The van der Waals surface area contributed by atoms with E-state index in [0.29, 0.717) is 11.4 Å². The van der Waals surface area contributed by atoms with Crippen molar-refractivity contribution in [2.45, 2.75) is 0 Å². The van der Waals surface area contributed by atoms with E-state index in [1.807, 2.05) is 0 Å². The standard InChI is InChI=1S/C9H8FN3/c1-13-6-4-8(12-13)9-7(10)3-2-5-11-9/h2-6H,1H3. The molecule has 0 spiro atoms. The molecule has 2 aromatic heterocycles. The Labute approximate surface area is 74.8 Å². The molecule has 0 fully saturated rings. The van der Waals surface area contributed by atoms with E-state index in [0.717, 1.165) is 0 Å². The summed E-state index contributed by atoms with van der Waals surface area (Å²) < 4.78 is 14.8. The van der Waals surface area contributed by atoms with Gasteiger partial charge in [-0.25, -0.2) is 4.39 Å². The van der Waals surface area contributed by atoms with Crippen molar-refractivity contribution in [2.75, 3.05) is 0 Å². The van der Waals surface area contributed by atoms with E-state index in [4.69, 9.17) is 0 Å². The van der Waals surface area contributed by atoms with Crippen LogP contribution in [0.4, 0.5) is 4.39 Å². The molecule has 0 atom stereocenters. The van der Waals surface area contributed by atoms with Crippen LogP contribution in [-0.2, 0) is 7.05 Å². The lowest BCUT2D eigenvalue weighted by Gasteiger charge is -1.95. The third-order valence-corrected chi connectivity index (χ3v) is 1.71. The Balaban J connectivity index is 2.52. The molecule has 0 amide bonds. The minimum Gasteiger partial charge on any atom is -0.275 e. The van der Waals surface area contributed by atoms with E-state index >= 15 is 0 Å². The van der Waals surface area contributed by atoms with E-state index < -0.39 is 0 Å². The predicted octanol–water partition coefficient (Wildman–Crippen LogP) is 1.62. The monoisotopic (exact) mass is 177 g/mol. The summed E-state index contributed by atoms with van der Waals surface area (Å²) in [5, 5.41) is 4.06. The van der Waals surface area contributed by atoms with Crippen LogP contribution in [0.3, 0.4) is 0 Å². The van der Waals surface area contributed by atoms with Crippen LogP contribution in [0.1, 0.15) is 0 Å². The van der Waals surface area contributed by atoms with Crippen molar-refractivity contribution in [1.82, 2.24) is 14.8 Å². The molecule has 0 saturated heterocycles. The fraction of sp³-hybridized carbons (Fsp3) is 0.111. The Morgan fingerprint density at radius 3 is 2.85 bits per heavy atom. The van der Waals surface area contributed by atoms with E-state index in [2.05, 4.69) is 10.1 Å². The van der Waals surface area contributed by atoms with Crippen molar-refractivity contribution >= 4 is 0 Å². The van der Waals surface area contributed by atoms with Crippen molar-refractivity contribution in [2.24, 2.45) is 7.05 Å². The highest BCUT2D eigenvalue weighted by Gasteiger charge is 2.07. The quantitative estimate of drug-likeness (QED) is 0.662. The summed E-state index contributed by atoms with van der Waals surface area (Å²) >= 11 is 0. The molecular formula is C9H8FN3. The molecule has 0 aromatic carbocycles. The summed E-state index contributed by atoms with van der Waals surface area (Å²) in [5.41, 5.74) is 0.851. The van der Waals surface area contributed by atoms with Crippen LogP contribution in [0, 0.1) is 5.82 Å². The minimum atomic E-state index is -0.346. The fourth-order valence-electron chi connectivity index (χ4n) is 1.12. The van der Waals surface area contributed by atoms with Crippen LogP contribution in [0.15, 0.2) is 30.6 Å². The molecule has 0 aliphatic carbocycles. The molecule has 0 N–H and O–H groups in total. The Morgan fingerprint density at radius 2 is 2.23 bits per heavy atom. The van der Waals surface area contributed by atoms with Crippen LogP contribution in [0.25, 0.3) is 11.4 Å². The lowest BCUT2D eigenvalue weighted by Crippen LogP contribution is -1.91. The summed E-state index contributed by atoms with van der Waals surface area (Å²) in [6.45, 7) is 0. The van der Waals surface area contributed by atoms with Gasteiger partial charge >= 0.3 is 0 Å². The van der Waals surface area contributed by atoms with Crippen molar-refractivity contribution in [3.63, 3.8) is 0 Å². The third kappa shape index (κ3) is 1.42. The molecule has 3 nitrogen and oxygen atoms in total. The number of pyridine rings is 1. The maximum absolute atomic E-state index is 13.2. The zero-order chi connectivity index (χ0) is 9.26. The molecule has 4 heteroatoms. The molecule has 0 saturated carbocycles. The first-order chi connectivity index (χ1) is 6.27. The number of hydrogen-bond acceptors (Lipinski definition) is 2. The molecule has 0 aliphatic heterocycles. The number of rotatable bonds is 1.